The van der Waals surface area contributed by atoms with Crippen LogP contribution >= 0.6 is 0 Å². The zero-order valence-electron chi connectivity index (χ0n) is 16.7. The molecule has 4 heteroatoms. The van der Waals surface area contributed by atoms with Gasteiger partial charge < -0.3 is 9.47 Å². The van der Waals surface area contributed by atoms with E-state index in [9.17, 15) is 4.39 Å². The van der Waals surface area contributed by atoms with Crippen LogP contribution in [-0.2, 0) is 15.6 Å². The van der Waals surface area contributed by atoms with Crippen molar-refractivity contribution in [3.05, 3.63) is 84.7 Å². The van der Waals surface area contributed by atoms with Crippen LogP contribution in [0.25, 0.3) is 0 Å². The van der Waals surface area contributed by atoms with Crippen LogP contribution in [0.4, 0.5) is 4.39 Å². The van der Waals surface area contributed by atoms with Gasteiger partial charge in [0.25, 0.3) is 0 Å². The molecule has 3 aromatic carbocycles. The van der Waals surface area contributed by atoms with Crippen molar-refractivity contribution < 1.29 is 13.9 Å². The SMILES string of the molecule is COC(Oc1cc([S+](c2ccccc2)c2ccccc2)ccc1F)C(C)(C)C. The summed E-state index contributed by atoms with van der Waals surface area (Å²) in [7, 11) is 1.22. The highest BCUT2D eigenvalue weighted by Gasteiger charge is 2.31. The van der Waals surface area contributed by atoms with Gasteiger partial charge in [-0.05, 0) is 36.4 Å². The minimum absolute atomic E-state index is 0.212. The zero-order chi connectivity index (χ0) is 20.1. The van der Waals surface area contributed by atoms with E-state index < -0.39 is 6.29 Å². The van der Waals surface area contributed by atoms with E-state index in [-0.39, 0.29) is 27.9 Å². The molecule has 146 valence electrons. The third-order valence-electron chi connectivity index (χ3n) is 4.25. The number of benzene rings is 3. The molecule has 0 fully saturated rings. The molecule has 0 radical (unpaired) electrons. The van der Waals surface area contributed by atoms with E-state index in [1.807, 2.05) is 63.2 Å². The zero-order valence-corrected chi connectivity index (χ0v) is 17.5. The number of halogens is 1. The van der Waals surface area contributed by atoms with Crippen LogP contribution in [0.1, 0.15) is 20.8 Å². The molecule has 0 N–H and O–H groups in total. The topological polar surface area (TPSA) is 18.5 Å². The summed E-state index contributed by atoms with van der Waals surface area (Å²) < 4.78 is 25.9. The maximum Gasteiger partial charge on any atom is 0.204 e. The van der Waals surface area contributed by atoms with Crippen molar-refractivity contribution in [1.82, 2.24) is 0 Å². The molecule has 3 rings (SSSR count). The van der Waals surface area contributed by atoms with Crippen LogP contribution in [-0.4, -0.2) is 13.4 Å². The smallest absolute Gasteiger partial charge is 0.204 e. The van der Waals surface area contributed by atoms with Crippen LogP contribution in [0, 0.1) is 11.2 Å². The van der Waals surface area contributed by atoms with Crippen LogP contribution in [0.2, 0.25) is 0 Å². The maximum atomic E-state index is 14.5. The van der Waals surface area contributed by atoms with Crippen LogP contribution < -0.4 is 4.74 Å². The molecule has 0 saturated carbocycles. The van der Waals surface area contributed by atoms with Gasteiger partial charge in [-0.1, -0.05) is 57.2 Å². The minimum atomic E-state index is -0.549. The van der Waals surface area contributed by atoms with E-state index >= 15 is 0 Å². The van der Waals surface area contributed by atoms with E-state index in [0.717, 1.165) is 4.90 Å². The van der Waals surface area contributed by atoms with Crippen molar-refractivity contribution in [1.29, 1.82) is 0 Å². The van der Waals surface area contributed by atoms with Crippen molar-refractivity contribution in [2.24, 2.45) is 5.41 Å². The van der Waals surface area contributed by atoms with Crippen LogP contribution in [0.5, 0.6) is 5.75 Å². The first-order chi connectivity index (χ1) is 13.4. The Morgan fingerprint density at radius 1 is 0.786 bits per heavy atom. The molecule has 0 saturated heterocycles. The van der Waals surface area contributed by atoms with Gasteiger partial charge in [-0.25, -0.2) is 4.39 Å². The molecule has 0 aliphatic rings. The number of methoxy groups -OCH3 is 1. The summed E-state index contributed by atoms with van der Waals surface area (Å²) in [5.74, 6) is -0.177. The lowest BCUT2D eigenvalue weighted by molar-refractivity contribution is -0.122. The lowest BCUT2D eigenvalue weighted by Crippen LogP contribution is -2.34. The number of hydrogen-bond acceptors (Lipinski definition) is 2. The normalized spacial score (nSPS) is 12.8. The van der Waals surface area contributed by atoms with Crippen molar-refractivity contribution >= 4 is 10.9 Å². The van der Waals surface area contributed by atoms with Gasteiger partial charge in [-0.2, -0.15) is 0 Å². The first-order valence-corrected chi connectivity index (χ1v) is 10.5. The van der Waals surface area contributed by atoms with Gasteiger partial charge in [0.2, 0.25) is 6.29 Å². The van der Waals surface area contributed by atoms with Gasteiger partial charge in [-0.15, -0.1) is 0 Å². The molecular weight excluding hydrogens is 371 g/mol. The molecule has 0 spiro atoms. The monoisotopic (exact) mass is 397 g/mol. The van der Waals surface area contributed by atoms with Crippen molar-refractivity contribution in [2.75, 3.05) is 7.11 Å². The summed E-state index contributed by atoms with van der Waals surface area (Å²) in [5, 5.41) is 0. The Labute approximate surface area is 169 Å². The second-order valence-corrected chi connectivity index (χ2v) is 9.60. The first kappa shape index (κ1) is 20.4. The Morgan fingerprint density at radius 2 is 1.32 bits per heavy atom. The van der Waals surface area contributed by atoms with E-state index in [2.05, 4.69) is 24.3 Å². The average molecular weight is 398 g/mol. The quantitative estimate of drug-likeness (QED) is 0.358. The summed E-state index contributed by atoms with van der Waals surface area (Å²) in [6, 6.07) is 25.6. The predicted octanol–water partition coefficient (Wildman–Crippen LogP) is 6.32. The van der Waals surface area contributed by atoms with Crippen molar-refractivity contribution in [2.45, 2.75) is 41.7 Å². The summed E-state index contributed by atoms with van der Waals surface area (Å²) >= 11 is 0. The third kappa shape index (κ3) is 4.75. The van der Waals surface area contributed by atoms with Crippen molar-refractivity contribution in [3.63, 3.8) is 0 Å². The Kier molecular flexibility index (Phi) is 6.42. The highest BCUT2D eigenvalue weighted by Crippen LogP contribution is 2.35. The molecule has 2 nitrogen and oxygen atoms in total. The molecule has 28 heavy (non-hydrogen) atoms. The number of ether oxygens (including phenoxy) is 2. The lowest BCUT2D eigenvalue weighted by atomic mass is 9.96. The molecule has 0 heterocycles. The molecule has 1 atom stereocenters. The van der Waals surface area contributed by atoms with Gasteiger partial charge in [0.1, 0.15) is 0 Å². The minimum Gasteiger partial charge on any atom is -0.461 e. The Hall–Kier alpha value is -2.30. The molecule has 1 unspecified atom stereocenters. The number of rotatable bonds is 6. The average Bonchev–Trinajstić information content (AvgIpc) is 2.69. The lowest BCUT2D eigenvalue weighted by Gasteiger charge is -2.29. The second-order valence-electron chi connectivity index (χ2n) is 7.58. The van der Waals surface area contributed by atoms with Gasteiger partial charge in [0.15, 0.2) is 26.3 Å². The van der Waals surface area contributed by atoms with Crippen LogP contribution in [0.15, 0.2) is 93.5 Å². The molecule has 0 amide bonds. The Balaban J connectivity index is 2.05. The van der Waals surface area contributed by atoms with Gasteiger partial charge in [0.05, 0.1) is 10.9 Å². The summed E-state index contributed by atoms with van der Waals surface area (Å²) in [5.41, 5.74) is -0.280. The van der Waals surface area contributed by atoms with Crippen molar-refractivity contribution in [3.8, 4) is 5.75 Å². The van der Waals surface area contributed by atoms with E-state index in [0.29, 0.717) is 0 Å². The van der Waals surface area contributed by atoms with E-state index in [1.54, 1.807) is 13.2 Å². The fraction of sp³-hybridized carbons (Fsp3) is 0.250. The first-order valence-electron chi connectivity index (χ1n) is 9.23. The second kappa shape index (κ2) is 8.80. The highest BCUT2D eigenvalue weighted by atomic mass is 32.2. The largest absolute Gasteiger partial charge is 0.461 e. The van der Waals surface area contributed by atoms with Crippen LogP contribution in [0.3, 0.4) is 0 Å². The number of hydrogen-bond donors (Lipinski definition) is 0. The van der Waals surface area contributed by atoms with E-state index in [1.165, 1.54) is 15.9 Å². The summed E-state index contributed by atoms with van der Waals surface area (Å²) in [6.45, 7) is 6.00. The molecule has 0 aliphatic heterocycles. The molecule has 0 aromatic heterocycles. The van der Waals surface area contributed by atoms with Gasteiger partial charge in [-0.3, -0.25) is 0 Å². The Bertz CT molecular complexity index is 852. The molecule has 3 aromatic rings. The summed E-state index contributed by atoms with van der Waals surface area (Å²) in [4.78, 5) is 3.34. The fourth-order valence-electron chi connectivity index (χ4n) is 2.92. The summed E-state index contributed by atoms with van der Waals surface area (Å²) in [6.07, 6.45) is -0.549. The molecule has 0 bridgehead atoms. The maximum absolute atomic E-state index is 14.5. The standard InChI is InChI=1S/C24H26FO2S/c1-24(2,3)23(26-4)27-22-17-20(15-16-21(22)25)28(18-11-7-5-8-12-18)19-13-9-6-10-14-19/h5-17,23H,1-4H3/q+1. The molecule has 0 aliphatic carbocycles. The fourth-order valence-corrected chi connectivity index (χ4v) is 5.02. The Morgan fingerprint density at radius 3 is 1.79 bits per heavy atom. The van der Waals surface area contributed by atoms with Gasteiger partial charge >= 0.3 is 0 Å². The van der Waals surface area contributed by atoms with E-state index in [4.69, 9.17) is 9.47 Å². The predicted molar refractivity (Wildman–Crippen MR) is 112 cm³/mol. The third-order valence-corrected chi connectivity index (χ3v) is 6.46. The van der Waals surface area contributed by atoms with Gasteiger partial charge in [0, 0.05) is 18.6 Å². The highest BCUT2D eigenvalue weighted by molar-refractivity contribution is 7.97. The molecular formula is C24H26FO2S+.